The zero-order valence-electron chi connectivity index (χ0n) is 18.3. The molecule has 3 heterocycles. The topological polar surface area (TPSA) is 82.7 Å². The van der Waals surface area contributed by atoms with Crippen molar-refractivity contribution in [3.05, 3.63) is 30.2 Å². The van der Waals surface area contributed by atoms with Crippen LogP contribution in [0.25, 0.3) is 11.6 Å². The highest BCUT2D eigenvalue weighted by Gasteiger charge is 2.25. The fourth-order valence-electron chi connectivity index (χ4n) is 3.66. The highest BCUT2D eigenvalue weighted by atomic mass is 127. The molecule has 1 aliphatic heterocycles. The van der Waals surface area contributed by atoms with Crippen molar-refractivity contribution in [1.82, 2.24) is 30.2 Å². The predicted molar refractivity (Wildman–Crippen MR) is 130 cm³/mol. The molecule has 166 valence electrons. The molecule has 2 aromatic heterocycles. The number of likely N-dealkylation sites (tertiary alicyclic amines) is 1. The first kappa shape index (κ1) is 24.5. The summed E-state index contributed by atoms with van der Waals surface area (Å²) in [4.78, 5) is 18.4. The third-order valence-electron chi connectivity index (χ3n) is 5.28. The smallest absolute Gasteiger partial charge is 0.276 e. The third kappa shape index (κ3) is 6.90. The average molecular weight is 527 g/mol. The lowest BCUT2D eigenvalue weighted by Gasteiger charge is -2.24. The number of guanidine groups is 1. The summed E-state index contributed by atoms with van der Waals surface area (Å²) in [5, 5.41) is 7.49. The molecule has 2 aromatic rings. The molecule has 0 bridgehead atoms. The van der Waals surface area contributed by atoms with Crippen LogP contribution in [0, 0.1) is 5.92 Å². The van der Waals surface area contributed by atoms with Crippen LogP contribution >= 0.6 is 24.0 Å². The quantitative estimate of drug-likeness (QED) is 0.305. The van der Waals surface area contributed by atoms with Crippen LogP contribution in [0.5, 0.6) is 0 Å². The van der Waals surface area contributed by atoms with Crippen LogP contribution in [0.3, 0.4) is 0 Å². The standard InChI is InChI=1S/C21H33N7O.HI/c1-4-22-21(28-14-11-17(16-28)15-27(5-2)6-3)24-13-10-19-25-20(29-26-19)18-9-7-8-12-23-18;/h7-9,12,17H,4-6,10-11,13-16H2,1-3H3,(H,22,24);1H. The highest BCUT2D eigenvalue weighted by molar-refractivity contribution is 14.0. The number of pyridine rings is 1. The van der Waals surface area contributed by atoms with Gasteiger partial charge in [-0.2, -0.15) is 4.98 Å². The van der Waals surface area contributed by atoms with Gasteiger partial charge in [-0.05, 0) is 44.5 Å². The predicted octanol–water partition coefficient (Wildman–Crippen LogP) is 2.92. The Balaban J connectivity index is 0.00000320. The van der Waals surface area contributed by atoms with Crippen molar-refractivity contribution in [3.63, 3.8) is 0 Å². The first-order valence-electron chi connectivity index (χ1n) is 10.7. The summed E-state index contributed by atoms with van der Waals surface area (Å²) in [7, 11) is 0. The van der Waals surface area contributed by atoms with Crippen molar-refractivity contribution in [2.75, 3.05) is 45.8 Å². The Morgan fingerprint density at radius 2 is 2.13 bits per heavy atom. The lowest BCUT2D eigenvalue weighted by atomic mass is 10.1. The van der Waals surface area contributed by atoms with E-state index in [0.717, 1.165) is 38.7 Å². The zero-order valence-corrected chi connectivity index (χ0v) is 20.6. The molecule has 1 fully saturated rings. The number of hydrogen-bond acceptors (Lipinski definition) is 6. The van der Waals surface area contributed by atoms with Crippen molar-refractivity contribution < 1.29 is 4.52 Å². The maximum atomic E-state index is 5.32. The number of nitrogens with one attached hydrogen (secondary N) is 1. The first-order chi connectivity index (χ1) is 14.2. The van der Waals surface area contributed by atoms with Gasteiger partial charge in [-0.25, -0.2) is 0 Å². The fourth-order valence-corrected chi connectivity index (χ4v) is 3.66. The van der Waals surface area contributed by atoms with Gasteiger partial charge >= 0.3 is 0 Å². The second-order valence-electron chi connectivity index (χ2n) is 7.30. The van der Waals surface area contributed by atoms with Crippen LogP contribution in [0.15, 0.2) is 33.9 Å². The molecule has 3 rings (SSSR count). The summed E-state index contributed by atoms with van der Waals surface area (Å²) in [5.74, 6) is 2.81. The van der Waals surface area contributed by atoms with E-state index in [1.54, 1.807) is 6.20 Å². The molecule has 30 heavy (non-hydrogen) atoms. The van der Waals surface area contributed by atoms with E-state index >= 15 is 0 Å². The second kappa shape index (κ2) is 12.8. The number of aliphatic imine (C=N–C) groups is 1. The van der Waals surface area contributed by atoms with Crippen molar-refractivity contribution in [2.24, 2.45) is 10.9 Å². The lowest BCUT2D eigenvalue weighted by molar-refractivity contribution is 0.255. The minimum absolute atomic E-state index is 0. The Morgan fingerprint density at radius 1 is 1.30 bits per heavy atom. The molecule has 0 aromatic carbocycles. The van der Waals surface area contributed by atoms with E-state index in [1.807, 2.05) is 18.2 Å². The van der Waals surface area contributed by atoms with Crippen molar-refractivity contribution in [1.29, 1.82) is 0 Å². The van der Waals surface area contributed by atoms with Crippen molar-refractivity contribution in [2.45, 2.75) is 33.6 Å². The molecule has 1 unspecified atom stereocenters. The summed E-state index contributed by atoms with van der Waals surface area (Å²) in [6.07, 6.45) is 3.58. The van der Waals surface area contributed by atoms with E-state index in [4.69, 9.17) is 9.52 Å². The van der Waals surface area contributed by atoms with Crippen LogP contribution in [0.2, 0.25) is 0 Å². The van der Waals surface area contributed by atoms with Crippen LogP contribution in [-0.2, 0) is 6.42 Å². The van der Waals surface area contributed by atoms with Crippen LogP contribution < -0.4 is 5.32 Å². The molecule has 1 N–H and O–H groups in total. The molecular formula is C21H34IN7O. The number of aromatic nitrogens is 3. The lowest BCUT2D eigenvalue weighted by Crippen LogP contribution is -2.41. The summed E-state index contributed by atoms with van der Waals surface area (Å²) in [6, 6.07) is 5.63. The molecule has 0 amide bonds. The normalized spacial score (nSPS) is 16.7. The molecule has 1 atom stereocenters. The van der Waals surface area contributed by atoms with Crippen molar-refractivity contribution >= 4 is 29.9 Å². The number of hydrogen-bond donors (Lipinski definition) is 1. The van der Waals surface area contributed by atoms with Gasteiger partial charge in [-0.3, -0.25) is 9.98 Å². The van der Waals surface area contributed by atoms with E-state index in [1.165, 1.54) is 13.0 Å². The maximum absolute atomic E-state index is 5.32. The van der Waals surface area contributed by atoms with E-state index < -0.39 is 0 Å². The van der Waals surface area contributed by atoms with Crippen LogP contribution in [0.1, 0.15) is 33.0 Å². The van der Waals surface area contributed by atoms with Crippen LogP contribution in [0.4, 0.5) is 0 Å². The minimum atomic E-state index is 0. The Hall–Kier alpha value is -1.75. The van der Waals surface area contributed by atoms with Crippen molar-refractivity contribution in [3.8, 4) is 11.6 Å². The summed E-state index contributed by atoms with van der Waals surface area (Å²) in [6.45, 7) is 13.6. The second-order valence-corrected chi connectivity index (χ2v) is 7.30. The minimum Gasteiger partial charge on any atom is -0.357 e. The monoisotopic (exact) mass is 527 g/mol. The summed E-state index contributed by atoms with van der Waals surface area (Å²) >= 11 is 0. The molecule has 0 aliphatic carbocycles. The Bertz CT molecular complexity index is 764. The average Bonchev–Trinajstić information content (AvgIpc) is 3.42. The van der Waals surface area contributed by atoms with E-state index in [2.05, 4.69) is 51.0 Å². The Labute approximate surface area is 196 Å². The van der Waals surface area contributed by atoms with Gasteiger partial charge in [0.25, 0.3) is 5.89 Å². The molecule has 8 nitrogen and oxygen atoms in total. The fraction of sp³-hybridized carbons (Fsp3) is 0.619. The molecule has 0 saturated carbocycles. The van der Waals surface area contributed by atoms with Gasteiger partial charge in [0.1, 0.15) is 5.69 Å². The van der Waals surface area contributed by atoms with Gasteiger partial charge in [0.05, 0.1) is 0 Å². The molecule has 1 saturated heterocycles. The molecule has 9 heteroatoms. The van der Waals surface area contributed by atoms with Gasteiger partial charge in [0, 0.05) is 45.3 Å². The Morgan fingerprint density at radius 3 is 2.83 bits per heavy atom. The number of rotatable bonds is 9. The Kier molecular flexibility index (Phi) is 10.5. The van der Waals surface area contributed by atoms with Gasteiger partial charge in [-0.1, -0.05) is 25.1 Å². The first-order valence-corrected chi connectivity index (χ1v) is 10.7. The van der Waals surface area contributed by atoms with Gasteiger partial charge in [-0.15, -0.1) is 24.0 Å². The van der Waals surface area contributed by atoms with E-state index in [0.29, 0.717) is 36.3 Å². The van der Waals surface area contributed by atoms with Gasteiger partial charge in [0.2, 0.25) is 0 Å². The van der Waals surface area contributed by atoms with Crippen LogP contribution in [-0.4, -0.2) is 76.7 Å². The van der Waals surface area contributed by atoms with E-state index in [-0.39, 0.29) is 24.0 Å². The number of nitrogens with zero attached hydrogens (tertiary/aromatic N) is 6. The molecule has 0 spiro atoms. The molecule has 1 aliphatic rings. The highest BCUT2D eigenvalue weighted by Crippen LogP contribution is 2.18. The SMILES string of the molecule is CCNC(=NCCc1noc(-c2ccccn2)n1)N1CCC(CN(CC)CC)C1.I. The molecular weight excluding hydrogens is 493 g/mol. The van der Waals surface area contributed by atoms with E-state index in [9.17, 15) is 0 Å². The summed E-state index contributed by atoms with van der Waals surface area (Å²) < 4.78 is 5.32. The number of halogens is 1. The van der Waals surface area contributed by atoms with Gasteiger partial charge in [0.15, 0.2) is 11.8 Å². The summed E-state index contributed by atoms with van der Waals surface area (Å²) in [5.41, 5.74) is 0.694. The largest absolute Gasteiger partial charge is 0.357 e. The van der Waals surface area contributed by atoms with Gasteiger partial charge < -0.3 is 19.6 Å². The maximum Gasteiger partial charge on any atom is 0.276 e. The zero-order chi connectivity index (χ0) is 20.5. The molecule has 0 radical (unpaired) electrons. The third-order valence-corrected chi connectivity index (χ3v) is 5.28.